The van der Waals surface area contributed by atoms with E-state index >= 15 is 0 Å². The lowest BCUT2D eigenvalue weighted by atomic mass is 10.0. The van der Waals surface area contributed by atoms with Gasteiger partial charge in [-0.25, -0.2) is 0 Å². The van der Waals surface area contributed by atoms with Crippen LogP contribution in [0.25, 0.3) is 0 Å². The van der Waals surface area contributed by atoms with Crippen LogP contribution in [0.3, 0.4) is 0 Å². The van der Waals surface area contributed by atoms with Gasteiger partial charge in [0, 0.05) is 23.9 Å². The van der Waals surface area contributed by atoms with Crippen molar-refractivity contribution in [2.24, 2.45) is 5.73 Å². The predicted octanol–water partition coefficient (Wildman–Crippen LogP) is 2.65. The number of methoxy groups -OCH3 is 1. The molecule has 148 valence electrons. The smallest absolute Gasteiger partial charge is 0.248 e. The number of rotatable bonds is 9. The summed E-state index contributed by atoms with van der Waals surface area (Å²) in [6.07, 6.45) is 4.55. The summed E-state index contributed by atoms with van der Waals surface area (Å²) in [5, 5.41) is 5.65. The summed E-state index contributed by atoms with van der Waals surface area (Å²) in [7, 11) is 1.57. The molecule has 2 aromatic rings. The molecule has 0 aliphatic heterocycles. The zero-order valence-corrected chi connectivity index (χ0v) is 16.2. The minimum Gasteiger partial charge on any atom is -0.497 e. The highest BCUT2D eigenvalue weighted by molar-refractivity contribution is 5.99. The number of hydrogen-bond donors (Lipinski definition) is 3. The van der Waals surface area contributed by atoms with Crippen LogP contribution in [0.2, 0.25) is 0 Å². The first kappa shape index (κ1) is 21.2. The summed E-state index contributed by atoms with van der Waals surface area (Å²) in [5.41, 5.74) is 7.45. The minimum atomic E-state index is -0.613. The highest BCUT2D eigenvalue weighted by atomic mass is 16.5. The number of carbonyl (C=O) groups excluding carboxylic acids is 2. The fourth-order valence-corrected chi connectivity index (χ4v) is 2.59. The van der Waals surface area contributed by atoms with E-state index in [1.807, 2.05) is 30.3 Å². The third-order valence-electron chi connectivity index (χ3n) is 4.15. The van der Waals surface area contributed by atoms with Crippen molar-refractivity contribution < 1.29 is 14.3 Å². The lowest BCUT2D eigenvalue weighted by Gasteiger charge is -2.17. The Morgan fingerprint density at radius 3 is 2.57 bits per heavy atom. The van der Waals surface area contributed by atoms with Crippen LogP contribution < -0.4 is 21.1 Å². The fraction of sp³-hybridized carbons (Fsp3) is 0.273. The number of hydrogen-bond acceptors (Lipinski definition) is 4. The summed E-state index contributed by atoms with van der Waals surface area (Å²) >= 11 is 0. The van der Waals surface area contributed by atoms with Crippen LogP contribution in [0.15, 0.2) is 66.7 Å². The van der Waals surface area contributed by atoms with Gasteiger partial charge in [0.2, 0.25) is 11.8 Å². The molecule has 0 heterocycles. The second-order valence-electron chi connectivity index (χ2n) is 6.51. The Kier molecular flexibility index (Phi) is 8.24. The number of amides is 2. The van der Waals surface area contributed by atoms with Crippen LogP contribution in [-0.2, 0) is 16.0 Å². The van der Waals surface area contributed by atoms with E-state index in [4.69, 9.17) is 10.5 Å². The number of anilines is 1. The monoisotopic (exact) mass is 381 g/mol. The minimum absolute atomic E-state index is 0.254. The molecule has 0 saturated heterocycles. The van der Waals surface area contributed by atoms with Crippen molar-refractivity contribution in [1.82, 2.24) is 5.32 Å². The van der Waals surface area contributed by atoms with Gasteiger partial charge in [-0.1, -0.05) is 42.5 Å². The normalized spacial score (nSPS) is 13.0. The zero-order chi connectivity index (χ0) is 20.4. The summed E-state index contributed by atoms with van der Waals surface area (Å²) < 4.78 is 5.15. The summed E-state index contributed by atoms with van der Waals surface area (Å²) in [6.45, 7) is 1.63. The van der Waals surface area contributed by atoms with E-state index < -0.39 is 6.04 Å². The Hall–Kier alpha value is -3.12. The molecule has 0 spiro atoms. The molecule has 6 nitrogen and oxygen atoms in total. The molecule has 0 fully saturated rings. The molecule has 2 atom stereocenters. The maximum absolute atomic E-state index is 12.2. The van der Waals surface area contributed by atoms with Gasteiger partial charge in [0.05, 0.1) is 13.2 Å². The van der Waals surface area contributed by atoms with E-state index in [-0.39, 0.29) is 17.9 Å². The molecule has 2 aromatic carbocycles. The van der Waals surface area contributed by atoms with Crippen molar-refractivity contribution in [2.45, 2.75) is 31.8 Å². The SMILES string of the molecule is COc1cccc(NC(=O)/C=C/[C@H](CCc2ccccc2)NC(=O)[C@H](C)N)c1. The Bertz CT molecular complexity index is 804. The van der Waals surface area contributed by atoms with Crippen LogP contribution in [-0.4, -0.2) is 31.0 Å². The van der Waals surface area contributed by atoms with Crippen molar-refractivity contribution in [3.8, 4) is 5.75 Å². The number of nitrogens with two attached hydrogens (primary N) is 1. The molecular weight excluding hydrogens is 354 g/mol. The summed E-state index contributed by atoms with van der Waals surface area (Å²) in [4.78, 5) is 24.2. The van der Waals surface area contributed by atoms with Gasteiger partial charge in [-0.15, -0.1) is 0 Å². The maximum Gasteiger partial charge on any atom is 0.248 e. The second kappa shape index (κ2) is 10.9. The van der Waals surface area contributed by atoms with Gasteiger partial charge < -0.3 is 21.1 Å². The number of ether oxygens (including phenoxy) is 1. The third kappa shape index (κ3) is 7.25. The first-order chi connectivity index (χ1) is 13.5. The molecule has 6 heteroatoms. The molecule has 0 radical (unpaired) electrons. The number of nitrogens with one attached hydrogen (secondary N) is 2. The van der Waals surface area contributed by atoms with Crippen LogP contribution in [0, 0.1) is 0 Å². The maximum atomic E-state index is 12.2. The van der Waals surface area contributed by atoms with E-state index in [2.05, 4.69) is 10.6 Å². The first-order valence-electron chi connectivity index (χ1n) is 9.21. The molecule has 0 bridgehead atoms. The Labute approximate surface area is 165 Å². The Balaban J connectivity index is 2.00. The van der Waals surface area contributed by atoms with E-state index in [0.29, 0.717) is 17.9 Å². The van der Waals surface area contributed by atoms with Gasteiger partial charge in [-0.2, -0.15) is 0 Å². The predicted molar refractivity (Wildman–Crippen MR) is 111 cm³/mol. The van der Waals surface area contributed by atoms with Gasteiger partial charge in [-0.05, 0) is 37.5 Å². The highest BCUT2D eigenvalue weighted by Crippen LogP contribution is 2.16. The molecule has 28 heavy (non-hydrogen) atoms. The zero-order valence-electron chi connectivity index (χ0n) is 16.2. The standard InChI is InChI=1S/C22H27N3O3/c1-16(23)22(27)25-18(12-11-17-7-4-3-5-8-17)13-14-21(26)24-19-9-6-10-20(15-19)28-2/h3-10,13-16,18H,11-12,23H2,1-2H3,(H,24,26)(H,25,27)/b14-13+/t16-,18-/m0/s1. The first-order valence-corrected chi connectivity index (χ1v) is 9.21. The topological polar surface area (TPSA) is 93.5 Å². The van der Waals surface area contributed by atoms with E-state index in [1.165, 1.54) is 6.08 Å². The van der Waals surface area contributed by atoms with Crippen LogP contribution in [0.5, 0.6) is 5.75 Å². The number of benzene rings is 2. The molecular formula is C22H27N3O3. The summed E-state index contributed by atoms with van der Waals surface area (Å²) in [6, 6.07) is 16.2. The molecule has 0 aliphatic carbocycles. The van der Waals surface area contributed by atoms with Gasteiger partial charge in [0.15, 0.2) is 0 Å². The van der Waals surface area contributed by atoms with Gasteiger partial charge in [0.1, 0.15) is 5.75 Å². The Morgan fingerprint density at radius 2 is 1.89 bits per heavy atom. The van der Waals surface area contributed by atoms with Gasteiger partial charge in [-0.3, -0.25) is 9.59 Å². The van der Waals surface area contributed by atoms with Crippen molar-refractivity contribution in [1.29, 1.82) is 0 Å². The quantitative estimate of drug-likeness (QED) is 0.582. The Morgan fingerprint density at radius 1 is 1.14 bits per heavy atom. The number of carbonyl (C=O) groups is 2. The average molecular weight is 381 g/mol. The van der Waals surface area contributed by atoms with Crippen molar-refractivity contribution in [3.63, 3.8) is 0 Å². The van der Waals surface area contributed by atoms with Crippen LogP contribution in [0.4, 0.5) is 5.69 Å². The van der Waals surface area contributed by atoms with E-state index in [0.717, 1.165) is 12.0 Å². The van der Waals surface area contributed by atoms with E-state index in [1.54, 1.807) is 44.4 Å². The molecule has 2 amide bonds. The number of aryl methyl sites for hydroxylation is 1. The van der Waals surface area contributed by atoms with Crippen molar-refractivity contribution in [2.75, 3.05) is 12.4 Å². The second-order valence-corrected chi connectivity index (χ2v) is 6.51. The largest absolute Gasteiger partial charge is 0.497 e. The lowest BCUT2D eigenvalue weighted by Crippen LogP contribution is -2.43. The van der Waals surface area contributed by atoms with Gasteiger partial charge in [0.25, 0.3) is 0 Å². The molecule has 0 aromatic heterocycles. The molecule has 2 rings (SSSR count). The van der Waals surface area contributed by atoms with Crippen molar-refractivity contribution >= 4 is 17.5 Å². The molecule has 4 N–H and O–H groups in total. The fourth-order valence-electron chi connectivity index (χ4n) is 2.59. The average Bonchev–Trinajstić information content (AvgIpc) is 2.70. The summed E-state index contributed by atoms with van der Waals surface area (Å²) in [5.74, 6) is 0.121. The molecule has 0 unspecified atom stereocenters. The van der Waals surface area contributed by atoms with Crippen LogP contribution in [0.1, 0.15) is 18.9 Å². The molecule has 0 aliphatic rings. The molecule has 0 saturated carbocycles. The van der Waals surface area contributed by atoms with E-state index in [9.17, 15) is 9.59 Å². The highest BCUT2D eigenvalue weighted by Gasteiger charge is 2.13. The van der Waals surface area contributed by atoms with Gasteiger partial charge >= 0.3 is 0 Å². The van der Waals surface area contributed by atoms with Crippen molar-refractivity contribution in [3.05, 3.63) is 72.3 Å². The van der Waals surface area contributed by atoms with Crippen LogP contribution >= 0.6 is 0 Å². The lowest BCUT2D eigenvalue weighted by molar-refractivity contribution is -0.122. The third-order valence-corrected chi connectivity index (χ3v) is 4.15.